The average molecular weight is 383 g/mol. The van der Waals surface area contributed by atoms with Gasteiger partial charge in [-0.2, -0.15) is 0 Å². The molecule has 2 aromatic carbocycles. The van der Waals surface area contributed by atoms with E-state index in [0.29, 0.717) is 27.8 Å². The summed E-state index contributed by atoms with van der Waals surface area (Å²) in [4.78, 5) is 12.0. The van der Waals surface area contributed by atoms with Gasteiger partial charge in [0.05, 0.1) is 11.4 Å². The van der Waals surface area contributed by atoms with Crippen molar-refractivity contribution in [1.29, 1.82) is 0 Å². The molecule has 1 heterocycles. The fourth-order valence-electron chi connectivity index (χ4n) is 2.23. The first kappa shape index (κ1) is 17.5. The highest BCUT2D eigenvalue weighted by molar-refractivity contribution is 7.89. The van der Waals surface area contributed by atoms with Crippen LogP contribution in [0.25, 0.3) is 0 Å². The van der Waals surface area contributed by atoms with E-state index in [1.54, 1.807) is 25.1 Å². The molecular formula is C16H15ClN2O5S. The zero-order chi connectivity index (χ0) is 18.0. The van der Waals surface area contributed by atoms with Crippen LogP contribution >= 0.6 is 11.6 Å². The van der Waals surface area contributed by atoms with Gasteiger partial charge in [-0.25, -0.2) is 13.1 Å². The van der Waals surface area contributed by atoms with Gasteiger partial charge in [-0.3, -0.25) is 4.79 Å². The van der Waals surface area contributed by atoms with Gasteiger partial charge in [-0.05, 0) is 36.8 Å². The Morgan fingerprint density at radius 3 is 2.76 bits per heavy atom. The second-order valence-electron chi connectivity index (χ2n) is 5.30. The van der Waals surface area contributed by atoms with Crippen molar-refractivity contribution in [1.82, 2.24) is 4.72 Å². The number of hydrogen-bond acceptors (Lipinski definition) is 5. The molecule has 132 valence electrons. The summed E-state index contributed by atoms with van der Waals surface area (Å²) in [5.41, 5.74) is 1.23. The maximum absolute atomic E-state index is 12.3. The lowest BCUT2D eigenvalue weighted by Crippen LogP contribution is -2.33. The molecule has 0 aliphatic carbocycles. The molecule has 25 heavy (non-hydrogen) atoms. The molecule has 0 unspecified atom stereocenters. The molecule has 0 saturated heterocycles. The topological polar surface area (TPSA) is 93.7 Å². The molecule has 2 aromatic rings. The van der Waals surface area contributed by atoms with E-state index < -0.39 is 22.5 Å². The molecule has 1 aliphatic heterocycles. The molecule has 0 spiro atoms. The van der Waals surface area contributed by atoms with Crippen LogP contribution in [0, 0.1) is 6.92 Å². The minimum atomic E-state index is -3.86. The van der Waals surface area contributed by atoms with Crippen molar-refractivity contribution in [3.63, 3.8) is 0 Å². The average Bonchev–Trinajstić information content (AvgIpc) is 3.05. The summed E-state index contributed by atoms with van der Waals surface area (Å²) < 4.78 is 37.2. The Morgan fingerprint density at radius 1 is 1.20 bits per heavy atom. The zero-order valence-corrected chi connectivity index (χ0v) is 14.8. The summed E-state index contributed by atoms with van der Waals surface area (Å²) in [6.45, 7) is 1.39. The largest absolute Gasteiger partial charge is 0.454 e. The van der Waals surface area contributed by atoms with Crippen LogP contribution in [0.5, 0.6) is 11.5 Å². The number of nitrogens with one attached hydrogen (secondary N) is 2. The van der Waals surface area contributed by atoms with Crippen molar-refractivity contribution in [2.75, 3.05) is 18.7 Å². The molecule has 0 atom stereocenters. The minimum Gasteiger partial charge on any atom is -0.454 e. The second kappa shape index (κ2) is 6.91. The number of fused-ring (bicyclic) bond motifs is 1. The molecule has 0 radical (unpaired) electrons. The Morgan fingerprint density at radius 2 is 1.96 bits per heavy atom. The van der Waals surface area contributed by atoms with E-state index in [-0.39, 0.29) is 11.7 Å². The number of rotatable bonds is 5. The number of hydrogen-bond donors (Lipinski definition) is 2. The van der Waals surface area contributed by atoms with E-state index in [4.69, 9.17) is 21.1 Å². The zero-order valence-electron chi connectivity index (χ0n) is 13.2. The predicted molar refractivity (Wildman–Crippen MR) is 92.6 cm³/mol. The summed E-state index contributed by atoms with van der Waals surface area (Å²) in [5.74, 6) is 0.324. The van der Waals surface area contributed by atoms with Crippen molar-refractivity contribution >= 4 is 33.2 Å². The van der Waals surface area contributed by atoms with Gasteiger partial charge in [0.25, 0.3) is 0 Å². The smallest absolute Gasteiger partial charge is 0.241 e. The number of amides is 1. The summed E-state index contributed by atoms with van der Waals surface area (Å²) in [6, 6.07) is 9.33. The van der Waals surface area contributed by atoms with Gasteiger partial charge in [-0.1, -0.05) is 17.7 Å². The summed E-state index contributed by atoms with van der Waals surface area (Å²) in [6.07, 6.45) is 0. The van der Waals surface area contributed by atoms with Gasteiger partial charge < -0.3 is 14.8 Å². The van der Waals surface area contributed by atoms with E-state index in [0.717, 1.165) is 0 Å². The van der Waals surface area contributed by atoms with Crippen LogP contribution < -0.4 is 19.5 Å². The molecule has 0 bridgehead atoms. The van der Waals surface area contributed by atoms with Gasteiger partial charge in [-0.15, -0.1) is 0 Å². The molecule has 0 saturated carbocycles. The van der Waals surface area contributed by atoms with Crippen LogP contribution in [0.15, 0.2) is 41.3 Å². The summed E-state index contributed by atoms with van der Waals surface area (Å²) in [5, 5.41) is 3.13. The number of benzene rings is 2. The maximum atomic E-state index is 12.3. The number of carbonyl (C=O) groups excluding carboxylic acids is 1. The van der Waals surface area contributed by atoms with Gasteiger partial charge in [0.2, 0.25) is 22.7 Å². The molecule has 1 amide bonds. The van der Waals surface area contributed by atoms with Crippen molar-refractivity contribution in [2.24, 2.45) is 0 Å². The maximum Gasteiger partial charge on any atom is 0.241 e. The van der Waals surface area contributed by atoms with E-state index in [1.165, 1.54) is 18.2 Å². The fourth-order valence-corrected chi connectivity index (χ4v) is 3.40. The standard InChI is InChI=1S/C16H15ClN2O5S/c1-10-12(17)3-2-4-13(10)19-16(20)8-18-25(21,22)11-5-6-14-15(7-11)24-9-23-14/h2-7,18H,8-9H2,1H3,(H,19,20). The van der Waals surface area contributed by atoms with Gasteiger partial charge >= 0.3 is 0 Å². The number of carbonyl (C=O) groups is 1. The van der Waals surface area contributed by atoms with E-state index in [9.17, 15) is 13.2 Å². The number of sulfonamides is 1. The Balaban J connectivity index is 1.66. The van der Waals surface area contributed by atoms with Crippen LogP contribution in [0.3, 0.4) is 0 Å². The van der Waals surface area contributed by atoms with Crippen LogP contribution in [0.4, 0.5) is 5.69 Å². The first-order valence-corrected chi connectivity index (χ1v) is 9.17. The van der Waals surface area contributed by atoms with Crippen LogP contribution in [-0.4, -0.2) is 27.7 Å². The van der Waals surface area contributed by atoms with E-state index in [2.05, 4.69) is 10.0 Å². The second-order valence-corrected chi connectivity index (χ2v) is 7.47. The lowest BCUT2D eigenvalue weighted by molar-refractivity contribution is -0.115. The van der Waals surface area contributed by atoms with Crippen LogP contribution in [0.1, 0.15) is 5.56 Å². The molecule has 9 heteroatoms. The summed E-state index contributed by atoms with van der Waals surface area (Å²) in [7, 11) is -3.86. The van der Waals surface area contributed by atoms with Gasteiger partial charge in [0.15, 0.2) is 11.5 Å². The van der Waals surface area contributed by atoms with Gasteiger partial charge in [0.1, 0.15) is 0 Å². The van der Waals surface area contributed by atoms with E-state index >= 15 is 0 Å². The van der Waals surface area contributed by atoms with Crippen LogP contribution in [-0.2, 0) is 14.8 Å². The molecule has 0 aromatic heterocycles. The Labute approximate surface area is 149 Å². The first-order chi connectivity index (χ1) is 11.9. The third kappa shape index (κ3) is 3.87. The lowest BCUT2D eigenvalue weighted by Gasteiger charge is -2.11. The van der Waals surface area contributed by atoms with Crippen LogP contribution in [0.2, 0.25) is 5.02 Å². The SMILES string of the molecule is Cc1c(Cl)cccc1NC(=O)CNS(=O)(=O)c1ccc2c(c1)OCO2. The molecule has 1 aliphatic rings. The van der Waals surface area contributed by atoms with Crippen molar-refractivity contribution < 1.29 is 22.7 Å². The third-order valence-electron chi connectivity index (χ3n) is 3.62. The summed E-state index contributed by atoms with van der Waals surface area (Å²) >= 11 is 5.99. The molecule has 3 rings (SSSR count). The quantitative estimate of drug-likeness (QED) is 0.827. The Bertz CT molecular complexity index is 930. The molecule has 0 fully saturated rings. The Kier molecular flexibility index (Phi) is 4.85. The Hall–Kier alpha value is -2.29. The van der Waals surface area contributed by atoms with Crippen molar-refractivity contribution in [3.8, 4) is 11.5 Å². The highest BCUT2D eigenvalue weighted by Gasteiger charge is 2.21. The van der Waals surface area contributed by atoms with Gasteiger partial charge in [0, 0.05) is 16.8 Å². The molecular weight excluding hydrogens is 368 g/mol. The number of ether oxygens (including phenoxy) is 2. The van der Waals surface area contributed by atoms with Crippen molar-refractivity contribution in [3.05, 3.63) is 47.0 Å². The number of halogens is 1. The molecule has 2 N–H and O–H groups in total. The number of anilines is 1. The lowest BCUT2D eigenvalue weighted by atomic mass is 10.2. The molecule has 7 nitrogen and oxygen atoms in total. The predicted octanol–water partition coefficient (Wildman–Crippen LogP) is 2.29. The monoisotopic (exact) mass is 382 g/mol. The van der Waals surface area contributed by atoms with E-state index in [1.807, 2.05) is 0 Å². The van der Waals surface area contributed by atoms with Crippen molar-refractivity contribution in [2.45, 2.75) is 11.8 Å². The highest BCUT2D eigenvalue weighted by Crippen LogP contribution is 2.33. The minimum absolute atomic E-state index is 0.0107. The third-order valence-corrected chi connectivity index (χ3v) is 5.43. The first-order valence-electron chi connectivity index (χ1n) is 7.31. The highest BCUT2D eigenvalue weighted by atomic mass is 35.5. The fraction of sp³-hybridized carbons (Fsp3) is 0.188. The normalized spacial score (nSPS) is 12.9.